The van der Waals surface area contributed by atoms with E-state index >= 15 is 0 Å². The van der Waals surface area contributed by atoms with Crippen LogP contribution in [0.4, 0.5) is 4.79 Å². The van der Waals surface area contributed by atoms with Gasteiger partial charge in [-0.05, 0) is 85.3 Å². The Balaban J connectivity index is 1.61. The van der Waals surface area contributed by atoms with Gasteiger partial charge in [-0.15, -0.1) is 0 Å². The predicted octanol–water partition coefficient (Wildman–Crippen LogP) is 6.75. The van der Waals surface area contributed by atoms with Gasteiger partial charge in [0.2, 0.25) is 0 Å². The zero-order valence-electron chi connectivity index (χ0n) is 16.4. The molecule has 1 saturated heterocycles. The minimum atomic E-state index is -0.260. The quantitative estimate of drug-likeness (QED) is 0.372. The Kier molecular flexibility index (Phi) is 5.91. The molecule has 1 aliphatic heterocycles. The number of thioether (sulfide) groups is 1. The van der Waals surface area contributed by atoms with Crippen LogP contribution in [-0.2, 0) is 11.3 Å². The summed E-state index contributed by atoms with van der Waals surface area (Å²) in [5.74, 6) is -0.260. The van der Waals surface area contributed by atoms with E-state index in [9.17, 15) is 9.59 Å². The van der Waals surface area contributed by atoms with Crippen LogP contribution in [0.1, 0.15) is 22.5 Å². The van der Waals surface area contributed by atoms with Crippen LogP contribution in [0.3, 0.4) is 0 Å². The second-order valence-corrected chi connectivity index (χ2v) is 9.38. The first-order chi connectivity index (χ1) is 14.3. The monoisotopic (exact) mass is 500 g/mol. The largest absolute Gasteiger partial charge is 0.318 e. The highest BCUT2D eigenvalue weighted by Crippen LogP contribution is 2.34. The summed E-state index contributed by atoms with van der Waals surface area (Å²) in [5.41, 5.74) is 4.85. The second kappa shape index (κ2) is 8.46. The average Bonchev–Trinajstić information content (AvgIpc) is 3.14. The number of benzene rings is 2. The lowest BCUT2D eigenvalue weighted by Gasteiger charge is -2.12. The molecule has 1 aromatic heterocycles. The number of imide groups is 1. The van der Waals surface area contributed by atoms with Gasteiger partial charge in [-0.1, -0.05) is 39.7 Å². The highest BCUT2D eigenvalue weighted by Gasteiger charge is 2.35. The van der Waals surface area contributed by atoms with E-state index in [0.29, 0.717) is 9.93 Å². The molecule has 1 fully saturated rings. The molecule has 7 heteroatoms. The first-order valence-electron chi connectivity index (χ1n) is 9.28. The van der Waals surface area contributed by atoms with Crippen LogP contribution in [0.25, 0.3) is 11.8 Å². The number of amides is 2. The Bertz CT molecular complexity index is 1170. The van der Waals surface area contributed by atoms with Gasteiger partial charge >= 0.3 is 0 Å². The number of rotatable bonds is 4. The van der Waals surface area contributed by atoms with E-state index in [4.69, 9.17) is 11.6 Å². The summed E-state index contributed by atoms with van der Waals surface area (Å²) in [6, 6.07) is 17.2. The Morgan fingerprint density at radius 1 is 1.03 bits per heavy atom. The lowest BCUT2D eigenvalue weighted by atomic mass is 10.2. The lowest BCUT2D eigenvalue weighted by molar-refractivity contribution is -0.123. The van der Waals surface area contributed by atoms with Crippen LogP contribution < -0.4 is 0 Å². The fourth-order valence-corrected chi connectivity index (χ4v) is 4.69. The number of nitrogens with zero attached hydrogens (tertiary/aromatic N) is 2. The summed E-state index contributed by atoms with van der Waals surface area (Å²) >= 11 is 10.4. The summed E-state index contributed by atoms with van der Waals surface area (Å²) in [4.78, 5) is 27.1. The molecule has 152 valence electrons. The van der Waals surface area contributed by atoms with Crippen molar-refractivity contribution in [3.63, 3.8) is 0 Å². The summed E-state index contributed by atoms with van der Waals surface area (Å²) in [7, 11) is 0. The normalized spacial score (nSPS) is 15.5. The third-order valence-corrected chi connectivity index (χ3v) is 6.66. The van der Waals surface area contributed by atoms with Crippen LogP contribution in [0.15, 0.2) is 64.0 Å². The third kappa shape index (κ3) is 4.13. The molecule has 30 heavy (non-hydrogen) atoms. The van der Waals surface area contributed by atoms with E-state index in [0.717, 1.165) is 44.4 Å². The Morgan fingerprint density at radius 2 is 1.70 bits per heavy atom. The molecule has 4 nitrogen and oxygen atoms in total. The maximum atomic E-state index is 12.9. The van der Waals surface area contributed by atoms with E-state index in [1.807, 2.05) is 68.4 Å². The lowest BCUT2D eigenvalue weighted by Crippen LogP contribution is -2.27. The van der Waals surface area contributed by atoms with Crippen molar-refractivity contribution in [1.29, 1.82) is 0 Å². The van der Waals surface area contributed by atoms with Gasteiger partial charge in [-0.25, -0.2) is 0 Å². The first kappa shape index (κ1) is 21.0. The van der Waals surface area contributed by atoms with Crippen LogP contribution in [0.2, 0.25) is 5.02 Å². The molecule has 0 N–H and O–H groups in total. The van der Waals surface area contributed by atoms with E-state index in [2.05, 4.69) is 20.5 Å². The fourth-order valence-electron chi connectivity index (χ4n) is 3.47. The molecule has 2 aromatic carbocycles. The first-order valence-corrected chi connectivity index (χ1v) is 11.3. The van der Waals surface area contributed by atoms with Gasteiger partial charge in [0.25, 0.3) is 11.1 Å². The maximum absolute atomic E-state index is 12.9. The Hall–Kier alpha value is -2.28. The van der Waals surface area contributed by atoms with Crippen LogP contribution in [0.5, 0.6) is 0 Å². The molecule has 0 saturated carbocycles. The van der Waals surface area contributed by atoms with E-state index in [-0.39, 0.29) is 17.7 Å². The molecular formula is C23H18BrClN2O2S. The van der Waals surface area contributed by atoms with Gasteiger partial charge in [0.1, 0.15) is 0 Å². The molecule has 0 unspecified atom stereocenters. The molecule has 0 aliphatic carbocycles. The second-order valence-electron chi connectivity index (χ2n) is 7.03. The Morgan fingerprint density at radius 3 is 2.37 bits per heavy atom. The van der Waals surface area contributed by atoms with Gasteiger partial charge in [0.15, 0.2) is 0 Å². The topological polar surface area (TPSA) is 42.3 Å². The highest BCUT2D eigenvalue weighted by molar-refractivity contribution is 9.10. The number of hydrogen-bond donors (Lipinski definition) is 0. The highest BCUT2D eigenvalue weighted by atomic mass is 79.9. The molecule has 0 radical (unpaired) electrons. The number of aromatic nitrogens is 1. The van der Waals surface area contributed by atoms with E-state index < -0.39 is 0 Å². The molecule has 0 atom stereocenters. The summed E-state index contributed by atoms with van der Waals surface area (Å²) < 4.78 is 3.06. The van der Waals surface area contributed by atoms with Crippen molar-refractivity contribution in [1.82, 2.24) is 9.47 Å². The molecule has 0 bridgehead atoms. The van der Waals surface area contributed by atoms with Crippen molar-refractivity contribution in [2.24, 2.45) is 0 Å². The zero-order chi connectivity index (χ0) is 21.4. The number of carbonyl (C=O) groups is 2. The summed E-state index contributed by atoms with van der Waals surface area (Å²) in [6.45, 7) is 4.27. The number of hydrogen-bond acceptors (Lipinski definition) is 3. The predicted molar refractivity (Wildman–Crippen MR) is 126 cm³/mol. The summed E-state index contributed by atoms with van der Waals surface area (Å²) in [5, 5.41) is 0.432. The molecule has 3 aromatic rings. The van der Waals surface area contributed by atoms with Gasteiger partial charge in [0, 0.05) is 26.6 Å². The van der Waals surface area contributed by atoms with Gasteiger partial charge < -0.3 is 4.57 Å². The van der Waals surface area contributed by atoms with E-state index in [1.165, 1.54) is 4.90 Å². The summed E-state index contributed by atoms with van der Waals surface area (Å²) in [6.07, 6.45) is 1.81. The molecule has 2 heterocycles. The van der Waals surface area contributed by atoms with E-state index in [1.54, 1.807) is 6.08 Å². The smallest absolute Gasteiger partial charge is 0.293 e. The number of carbonyl (C=O) groups excluding carboxylic acids is 2. The number of aryl methyl sites for hydroxylation is 1. The van der Waals surface area contributed by atoms with Crippen LogP contribution >= 0.6 is 39.3 Å². The minimum Gasteiger partial charge on any atom is -0.318 e. The van der Waals surface area contributed by atoms with Gasteiger partial charge in [0.05, 0.1) is 11.4 Å². The fraction of sp³-hybridized carbons (Fsp3) is 0.130. The maximum Gasteiger partial charge on any atom is 0.293 e. The van der Waals surface area contributed by atoms with Crippen molar-refractivity contribution < 1.29 is 9.59 Å². The SMILES string of the molecule is Cc1cc(/C=C2\SC(=O)N(Cc3ccc(Br)cc3)C2=O)c(C)n1-c1ccc(Cl)cc1. The Labute approximate surface area is 192 Å². The van der Waals surface area contributed by atoms with Crippen LogP contribution in [0, 0.1) is 13.8 Å². The van der Waals surface area contributed by atoms with Crippen LogP contribution in [-0.4, -0.2) is 20.6 Å². The van der Waals surface area contributed by atoms with Crippen molar-refractivity contribution in [2.45, 2.75) is 20.4 Å². The van der Waals surface area contributed by atoms with Crippen molar-refractivity contribution in [3.05, 3.63) is 91.5 Å². The molecule has 1 aliphatic rings. The van der Waals surface area contributed by atoms with Crippen molar-refractivity contribution in [3.8, 4) is 5.69 Å². The zero-order valence-corrected chi connectivity index (χ0v) is 19.5. The standard InChI is InChI=1S/C23H18BrClN2O2S/c1-14-11-17(15(2)27(14)20-9-7-19(25)8-10-20)12-21-22(28)26(23(29)30-21)13-16-3-5-18(24)6-4-16/h3-12H,13H2,1-2H3/b21-12-. The van der Waals surface area contributed by atoms with Crippen molar-refractivity contribution >= 4 is 56.5 Å². The molecule has 2 amide bonds. The van der Waals surface area contributed by atoms with Gasteiger partial charge in [-0.3, -0.25) is 14.5 Å². The number of halogens is 2. The molecule has 0 spiro atoms. The molecular weight excluding hydrogens is 484 g/mol. The average molecular weight is 502 g/mol. The van der Waals surface area contributed by atoms with Crippen molar-refractivity contribution in [2.75, 3.05) is 0 Å². The molecule has 4 rings (SSSR count). The minimum absolute atomic E-state index is 0.249. The van der Waals surface area contributed by atoms with Gasteiger partial charge in [-0.2, -0.15) is 0 Å². The third-order valence-electron chi connectivity index (χ3n) is 4.97.